The zero-order valence-corrected chi connectivity index (χ0v) is 20.1. The number of hydrogen-bond donors (Lipinski definition) is 1. The van der Waals surface area contributed by atoms with Crippen LogP contribution in [0, 0.1) is 0 Å². The number of ether oxygens (including phenoxy) is 2. The highest BCUT2D eigenvalue weighted by Crippen LogP contribution is 2.37. The second-order valence-electron chi connectivity index (χ2n) is 8.30. The van der Waals surface area contributed by atoms with Gasteiger partial charge >= 0.3 is 22.4 Å². The van der Waals surface area contributed by atoms with Crippen LogP contribution in [0.25, 0.3) is 0 Å². The Balaban J connectivity index is 1.84. The number of morpholine rings is 1. The molecule has 2 aliphatic heterocycles. The fourth-order valence-electron chi connectivity index (χ4n) is 4.08. The summed E-state index contributed by atoms with van der Waals surface area (Å²) < 4.78 is 81.4. The molecule has 0 saturated carbocycles. The Morgan fingerprint density at radius 2 is 1.91 bits per heavy atom. The predicted octanol–water partition coefficient (Wildman–Crippen LogP) is 3.18. The minimum atomic E-state index is -4.74. The van der Waals surface area contributed by atoms with Crippen LogP contribution in [0.2, 0.25) is 0 Å². The number of nitrogens with one attached hydrogen (secondary N) is 1. The molecule has 2 aliphatic rings. The number of halogens is 3. The summed E-state index contributed by atoms with van der Waals surface area (Å²) in [5.41, 5.74) is -1.38. The molecular weight excluding hydrogens is 477 g/mol. The van der Waals surface area contributed by atoms with E-state index >= 15 is 0 Å². The van der Waals surface area contributed by atoms with Crippen LogP contribution in [0.1, 0.15) is 51.5 Å². The van der Waals surface area contributed by atoms with Gasteiger partial charge in [0.2, 0.25) is 0 Å². The third-order valence-electron chi connectivity index (χ3n) is 5.96. The molecule has 13 heteroatoms. The smallest absolute Gasteiger partial charge is 0.420 e. The Kier molecular flexibility index (Phi) is 8.63. The van der Waals surface area contributed by atoms with Crippen molar-refractivity contribution in [2.75, 3.05) is 42.5 Å². The number of piperidine rings is 1. The van der Waals surface area contributed by atoms with E-state index < -0.39 is 34.0 Å². The molecule has 0 radical (unpaired) electrons. The third-order valence-corrected chi connectivity index (χ3v) is 7.51. The summed E-state index contributed by atoms with van der Waals surface area (Å²) in [5.74, 6) is -0.918. The minimum Gasteiger partial charge on any atom is -0.461 e. The average Bonchev–Trinajstić information content (AvgIpc) is 2.82. The number of hydrogen-bond acceptors (Lipinski definition) is 7. The first-order chi connectivity index (χ1) is 16.1. The van der Waals surface area contributed by atoms with Crippen molar-refractivity contribution in [2.45, 2.75) is 64.3 Å². The van der Waals surface area contributed by atoms with Crippen molar-refractivity contribution < 1.29 is 35.9 Å². The first kappa shape index (κ1) is 26.5. The van der Waals surface area contributed by atoms with Gasteiger partial charge in [-0.05, 0) is 38.2 Å². The average molecular weight is 509 g/mol. The van der Waals surface area contributed by atoms with Gasteiger partial charge in [-0.3, -0.25) is 9.52 Å². The second-order valence-corrected chi connectivity index (χ2v) is 9.92. The normalized spacial score (nSPS) is 20.4. The Hall–Kier alpha value is -2.12. The van der Waals surface area contributed by atoms with Gasteiger partial charge in [-0.1, -0.05) is 13.8 Å². The van der Waals surface area contributed by atoms with E-state index in [9.17, 15) is 26.4 Å². The van der Waals surface area contributed by atoms with Gasteiger partial charge in [-0.25, -0.2) is 4.98 Å². The van der Waals surface area contributed by atoms with Crippen molar-refractivity contribution in [3.05, 3.63) is 17.8 Å². The number of rotatable bonds is 8. The van der Waals surface area contributed by atoms with Gasteiger partial charge in [0.15, 0.2) is 0 Å². The van der Waals surface area contributed by atoms with Crippen LogP contribution in [-0.2, 0) is 30.7 Å². The molecule has 2 fully saturated rings. The zero-order valence-electron chi connectivity index (χ0n) is 19.3. The molecule has 9 nitrogen and oxygen atoms in total. The highest BCUT2D eigenvalue weighted by Gasteiger charge is 2.40. The summed E-state index contributed by atoms with van der Waals surface area (Å²) >= 11 is 0. The van der Waals surface area contributed by atoms with Crippen molar-refractivity contribution in [3.63, 3.8) is 0 Å². The summed E-state index contributed by atoms with van der Waals surface area (Å²) in [6, 6.07) is -0.300. The van der Waals surface area contributed by atoms with Crippen molar-refractivity contribution >= 4 is 27.7 Å². The summed E-state index contributed by atoms with van der Waals surface area (Å²) in [4.78, 5) is 18.1. The predicted molar refractivity (Wildman–Crippen MR) is 120 cm³/mol. The first-order valence-corrected chi connectivity index (χ1v) is 12.9. The van der Waals surface area contributed by atoms with Crippen molar-refractivity contribution in [2.24, 2.45) is 0 Å². The van der Waals surface area contributed by atoms with Crippen LogP contribution >= 0.6 is 0 Å². The van der Waals surface area contributed by atoms with Gasteiger partial charge in [-0.15, -0.1) is 0 Å². The maximum Gasteiger partial charge on any atom is 0.420 e. The standard InChI is InChI=1S/C21H31F3N4O5S/c1-3-16(4-2)33-20(29)18-7-5-6-8-28(18)34(30,31)26-15-13-17(21(22,23)24)19(25-14-15)27-9-11-32-12-10-27/h13-14,16,18,26H,3-12H2,1-2H3/t18-/m0/s1. The van der Waals surface area contributed by atoms with Gasteiger partial charge in [0.05, 0.1) is 25.1 Å². The number of nitrogens with zero attached hydrogens (tertiary/aromatic N) is 3. The van der Waals surface area contributed by atoms with E-state index in [0.29, 0.717) is 25.7 Å². The molecule has 3 heterocycles. The van der Waals surface area contributed by atoms with Gasteiger partial charge in [0, 0.05) is 19.6 Å². The monoisotopic (exact) mass is 508 g/mol. The quantitative estimate of drug-likeness (QED) is 0.538. The molecule has 1 aromatic rings. The molecule has 192 valence electrons. The Morgan fingerprint density at radius 3 is 2.53 bits per heavy atom. The van der Waals surface area contributed by atoms with E-state index in [-0.39, 0.29) is 56.9 Å². The minimum absolute atomic E-state index is 0.0590. The molecule has 1 N–H and O–H groups in total. The van der Waals surface area contributed by atoms with E-state index in [1.165, 1.54) is 4.90 Å². The number of alkyl halides is 3. The molecule has 0 aliphatic carbocycles. The molecule has 2 saturated heterocycles. The van der Waals surface area contributed by atoms with Crippen molar-refractivity contribution in [1.82, 2.24) is 9.29 Å². The summed E-state index contributed by atoms with van der Waals surface area (Å²) in [5, 5.41) is 0. The van der Waals surface area contributed by atoms with E-state index in [2.05, 4.69) is 9.71 Å². The largest absolute Gasteiger partial charge is 0.461 e. The third kappa shape index (κ3) is 6.30. The van der Waals surface area contributed by atoms with Crippen LogP contribution in [-0.4, -0.2) is 68.7 Å². The Morgan fingerprint density at radius 1 is 1.24 bits per heavy atom. The number of carbonyl (C=O) groups excluding carboxylic acids is 1. The lowest BCUT2D eigenvalue weighted by Gasteiger charge is -2.34. The molecule has 0 aromatic carbocycles. The highest BCUT2D eigenvalue weighted by atomic mass is 32.2. The van der Waals surface area contributed by atoms with E-state index in [0.717, 1.165) is 16.6 Å². The van der Waals surface area contributed by atoms with Crippen molar-refractivity contribution in [1.29, 1.82) is 0 Å². The van der Waals surface area contributed by atoms with E-state index in [1.54, 1.807) is 0 Å². The number of anilines is 2. The Labute approximate surface area is 197 Å². The zero-order chi connectivity index (χ0) is 24.9. The fourth-order valence-corrected chi connectivity index (χ4v) is 5.51. The van der Waals surface area contributed by atoms with Crippen LogP contribution < -0.4 is 9.62 Å². The molecule has 3 rings (SSSR count). The molecule has 0 bridgehead atoms. The van der Waals surface area contributed by atoms with Gasteiger partial charge < -0.3 is 14.4 Å². The van der Waals surface area contributed by atoms with Crippen LogP contribution in [0.5, 0.6) is 0 Å². The lowest BCUT2D eigenvalue weighted by atomic mass is 10.1. The molecule has 0 amide bonds. The molecule has 0 spiro atoms. The topological polar surface area (TPSA) is 101 Å². The molecule has 0 unspecified atom stereocenters. The lowest BCUT2D eigenvalue weighted by molar-refractivity contribution is -0.155. The summed E-state index contributed by atoms with van der Waals surface area (Å²) in [6.45, 7) is 4.83. The molecule has 1 aromatic heterocycles. The highest BCUT2D eigenvalue weighted by molar-refractivity contribution is 7.90. The summed E-state index contributed by atoms with van der Waals surface area (Å²) in [7, 11) is -4.34. The van der Waals surface area contributed by atoms with Crippen LogP contribution in [0.4, 0.5) is 24.7 Å². The number of carbonyl (C=O) groups is 1. The molecular formula is C21H31F3N4O5S. The first-order valence-electron chi connectivity index (χ1n) is 11.5. The Bertz CT molecular complexity index is 950. The maximum absolute atomic E-state index is 13.8. The van der Waals surface area contributed by atoms with Crippen molar-refractivity contribution in [3.8, 4) is 0 Å². The lowest BCUT2D eigenvalue weighted by Crippen LogP contribution is -2.51. The maximum atomic E-state index is 13.8. The number of esters is 1. The number of aromatic nitrogens is 1. The molecule has 1 atom stereocenters. The van der Waals surface area contributed by atoms with Crippen LogP contribution in [0.15, 0.2) is 12.3 Å². The van der Waals surface area contributed by atoms with Gasteiger partial charge in [-0.2, -0.15) is 25.9 Å². The van der Waals surface area contributed by atoms with Gasteiger partial charge in [0.25, 0.3) is 0 Å². The molecule has 34 heavy (non-hydrogen) atoms. The van der Waals surface area contributed by atoms with E-state index in [4.69, 9.17) is 9.47 Å². The summed E-state index contributed by atoms with van der Waals surface area (Å²) in [6.07, 6.45) is -1.36. The second kappa shape index (κ2) is 11.1. The van der Waals surface area contributed by atoms with Crippen LogP contribution in [0.3, 0.4) is 0 Å². The fraction of sp³-hybridized carbons (Fsp3) is 0.714. The van der Waals surface area contributed by atoms with E-state index in [1.807, 2.05) is 13.8 Å². The van der Waals surface area contributed by atoms with Gasteiger partial charge in [0.1, 0.15) is 23.5 Å². The SMILES string of the molecule is CCC(CC)OC(=O)[C@@H]1CCCCN1S(=O)(=O)Nc1cnc(N2CCOCC2)c(C(F)(F)F)c1. The number of pyridine rings is 1.